The van der Waals surface area contributed by atoms with Crippen molar-refractivity contribution in [2.24, 2.45) is 0 Å². The van der Waals surface area contributed by atoms with E-state index < -0.39 is 0 Å². The number of nitrogens with one attached hydrogen (secondary N) is 1. The molecule has 2 aromatic carbocycles. The van der Waals surface area contributed by atoms with Gasteiger partial charge in [0.2, 0.25) is 0 Å². The van der Waals surface area contributed by atoms with E-state index in [1.165, 1.54) is 22.4 Å². The Bertz CT molecular complexity index is 531. The molecule has 0 radical (unpaired) electrons. The summed E-state index contributed by atoms with van der Waals surface area (Å²) in [5.74, 6) is 0.570. The van der Waals surface area contributed by atoms with Gasteiger partial charge in [0.25, 0.3) is 0 Å². The Morgan fingerprint density at radius 1 is 0.941 bits per heavy atom. The van der Waals surface area contributed by atoms with Crippen LogP contribution in [0, 0.1) is 0 Å². The highest BCUT2D eigenvalue weighted by Gasteiger charge is 2.15. The van der Waals surface area contributed by atoms with Crippen LogP contribution in [0.4, 0.5) is 5.69 Å². The molecule has 1 heteroatoms. The van der Waals surface area contributed by atoms with E-state index in [4.69, 9.17) is 0 Å². The highest BCUT2D eigenvalue weighted by atomic mass is 14.9. The van der Waals surface area contributed by atoms with E-state index in [2.05, 4.69) is 60.8 Å². The van der Waals surface area contributed by atoms with Crippen molar-refractivity contribution in [1.29, 1.82) is 0 Å². The van der Waals surface area contributed by atoms with Crippen molar-refractivity contribution < 1.29 is 0 Å². The quantitative estimate of drug-likeness (QED) is 0.713. The third-order valence-corrected chi connectivity index (χ3v) is 3.61. The lowest BCUT2D eigenvalue weighted by atomic mass is 9.89. The molecule has 0 bridgehead atoms. The van der Waals surface area contributed by atoms with Crippen LogP contribution >= 0.6 is 0 Å². The first-order chi connectivity index (χ1) is 8.34. The second-order valence-corrected chi connectivity index (χ2v) is 4.81. The SMILES string of the molecule is CC1Cc2ccccc2CNc2ccccc21. The van der Waals surface area contributed by atoms with Crippen molar-refractivity contribution in [1.82, 2.24) is 0 Å². The van der Waals surface area contributed by atoms with Crippen LogP contribution in [0.3, 0.4) is 0 Å². The van der Waals surface area contributed by atoms with Crippen molar-refractivity contribution in [3.05, 3.63) is 65.2 Å². The van der Waals surface area contributed by atoms with Crippen molar-refractivity contribution in [3.8, 4) is 0 Å². The summed E-state index contributed by atoms with van der Waals surface area (Å²) in [5, 5.41) is 3.55. The van der Waals surface area contributed by atoms with Gasteiger partial charge in [0, 0.05) is 12.2 Å². The molecule has 3 rings (SSSR count). The topological polar surface area (TPSA) is 12.0 Å². The maximum Gasteiger partial charge on any atom is 0.0403 e. The van der Waals surface area contributed by atoms with Gasteiger partial charge in [0.05, 0.1) is 0 Å². The van der Waals surface area contributed by atoms with Crippen molar-refractivity contribution >= 4 is 5.69 Å². The Kier molecular flexibility index (Phi) is 2.60. The zero-order valence-corrected chi connectivity index (χ0v) is 10.1. The number of benzene rings is 2. The van der Waals surface area contributed by atoms with Crippen LogP contribution < -0.4 is 5.32 Å². The predicted octanol–water partition coefficient (Wildman–Crippen LogP) is 3.96. The van der Waals surface area contributed by atoms with E-state index in [0.29, 0.717) is 5.92 Å². The normalized spacial score (nSPS) is 18.3. The van der Waals surface area contributed by atoms with Gasteiger partial charge in [-0.15, -0.1) is 0 Å². The monoisotopic (exact) mass is 223 g/mol. The molecule has 0 spiro atoms. The minimum atomic E-state index is 0.570. The van der Waals surface area contributed by atoms with Gasteiger partial charge in [-0.2, -0.15) is 0 Å². The molecule has 0 fully saturated rings. The van der Waals surface area contributed by atoms with Gasteiger partial charge >= 0.3 is 0 Å². The van der Waals surface area contributed by atoms with Crippen LogP contribution in [-0.2, 0) is 13.0 Å². The van der Waals surface area contributed by atoms with Crippen molar-refractivity contribution in [2.75, 3.05) is 5.32 Å². The average molecular weight is 223 g/mol. The summed E-state index contributed by atoms with van der Waals surface area (Å²) in [4.78, 5) is 0. The molecule has 17 heavy (non-hydrogen) atoms. The molecule has 0 amide bonds. The van der Waals surface area contributed by atoms with Crippen LogP contribution in [0.5, 0.6) is 0 Å². The van der Waals surface area contributed by atoms with Gasteiger partial charge in [-0.1, -0.05) is 49.4 Å². The van der Waals surface area contributed by atoms with Crippen molar-refractivity contribution in [3.63, 3.8) is 0 Å². The van der Waals surface area contributed by atoms with E-state index in [0.717, 1.165) is 13.0 Å². The van der Waals surface area contributed by atoms with E-state index in [9.17, 15) is 0 Å². The number of rotatable bonds is 0. The average Bonchev–Trinajstić information content (AvgIpc) is 2.36. The zero-order valence-electron chi connectivity index (χ0n) is 10.1. The molecule has 2 aromatic rings. The van der Waals surface area contributed by atoms with Crippen LogP contribution in [0.25, 0.3) is 0 Å². The van der Waals surface area contributed by atoms with Gasteiger partial charge < -0.3 is 5.32 Å². The summed E-state index contributed by atoms with van der Waals surface area (Å²) >= 11 is 0. The molecule has 1 heterocycles. The number of hydrogen-bond donors (Lipinski definition) is 1. The van der Waals surface area contributed by atoms with Gasteiger partial charge in [0.1, 0.15) is 0 Å². The Morgan fingerprint density at radius 3 is 2.53 bits per heavy atom. The smallest absolute Gasteiger partial charge is 0.0403 e. The molecular formula is C16H17N. The fourth-order valence-electron chi connectivity index (χ4n) is 2.65. The molecule has 86 valence electrons. The molecule has 1 aliphatic rings. The molecule has 0 aliphatic carbocycles. The van der Waals surface area contributed by atoms with Gasteiger partial charge in [-0.25, -0.2) is 0 Å². The Morgan fingerprint density at radius 2 is 1.65 bits per heavy atom. The summed E-state index contributed by atoms with van der Waals surface area (Å²) in [6, 6.07) is 17.4. The molecule has 0 saturated heterocycles. The Balaban J connectivity index is 2.03. The predicted molar refractivity (Wildman–Crippen MR) is 72.3 cm³/mol. The molecule has 1 atom stereocenters. The van der Waals surface area contributed by atoms with E-state index in [-0.39, 0.29) is 0 Å². The molecule has 1 N–H and O–H groups in total. The Hall–Kier alpha value is -1.76. The second kappa shape index (κ2) is 4.25. The lowest BCUT2D eigenvalue weighted by molar-refractivity contribution is 0.744. The molecule has 0 saturated carbocycles. The van der Waals surface area contributed by atoms with E-state index in [1.54, 1.807) is 0 Å². The summed E-state index contributed by atoms with van der Waals surface area (Å²) in [7, 11) is 0. The van der Waals surface area contributed by atoms with Crippen molar-refractivity contribution in [2.45, 2.75) is 25.8 Å². The lowest BCUT2D eigenvalue weighted by Gasteiger charge is -2.23. The lowest BCUT2D eigenvalue weighted by Crippen LogP contribution is -2.12. The maximum absolute atomic E-state index is 3.55. The molecule has 1 nitrogen and oxygen atoms in total. The van der Waals surface area contributed by atoms with Gasteiger partial charge in [-0.3, -0.25) is 0 Å². The largest absolute Gasteiger partial charge is 0.381 e. The first-order valence-corrected chi connectivity index (χ1v) is 6.24. The fourth-order valence-corrected chi connectivity index (χ4v) is 2.65. The number of anilines is 1. The first-order valence-electron chi connectivity index (χ1n) is 6.24. The summed E-state index contributed by atoms with van der Waals surface area (Å²) in [6.07, 6.45) is 1.13. The zero-order chi connectivity index (χ0) is 11.7. The third-order valence-electron chi connectivity index (χ3n) is 3.61. The van der Waals surface area contributed by atoms with Crippen LogP contribution in [0.2, 0.25) is 0 Å². The molecule has 0 aromatic heterocycles. The standard InChI is InChI=1S/C16H17N/c1-12-10-13-6-2-3-7-14(13)11-17-16-9-5-4-8-15(12)16/h2-9,12,17H,10-11H2,1H3. The van der Waals surface area contributed by atoms with E-state index in [1.807, 2.05) is 0 Å². The minimum Gasteiger partial charge on any atom is -0.381 e. The number of fused-ring (bicyclic) bond motifs is 2. The summed E-state index contributed by atoms with van der Waals surface area (Å²) in [6.45, 7) is 3.24. The Labute approximate surface area is 102 Å². The maximum atomic E-state index is 3.55. The highest BCUT2D eigenvalue weighted by molar-refractivity contribution is 5.54. The number of para-hydroxylation sites is 1. The second-order valence-electron chi connectivity index (χ2n) is 4.81. The molecule has 1 aliphatic heterocycles. The highest BCUT2D eigenvalue weighted by Crippen LogP contribution is 2.30. The minimum absolute atomic E-state index is 0.570. The first kappa shape index (κ1) is 10.4. The van der Waals surface area contributed by atoms with Crippen LogP contribution in [-0.4, -0.2) is 0 Å². The molecular weight excluding hydrogens is 206 g/mol. The number of hydrogen-bond acceptors (Lipinski definition) is 1. The van der Waals surface area contributed by atoms with E-state index >= 15 is 0 Å². The summed E-state index contributed by atoms with van der Waals surface area (Å²) in [5.41, 5.74) is 5.62. The van der Waals surface area contributed by atoms with Gasteiger partial charge in [0.15, 0.2) is 0 Å². The third kappa shape index (κ3) is 1.93. The fraction of sp³-hybridized carbons (Fsp3) is 0.250. The van der Waals surface area contributed by atoms with Crippen LogP contribution in [0.1, 0.15) is 29.5 Å². The summed E-state index contributed by atoms with van der Waals surface area (Å²) < 4.78 is 0. The van der Waals surface area contributed by atoms with Gasteiger partial charge in [-0.05, 0) is 35.1 Å². The van der Waals surface area contributed by atoms with Crippen LogP contribution in [0.15, 0.2) is 48.5 Å². The molecule has 1 unspecified atom stereocenters.